The van der Waals surface area contributed by atoms with E-state index in [4.69, 9.17) is 10.5 Å². The van der Waals surface area contributed by atoms with E-state index < -0.39 is 0 Å². The van der Waals surface area contributed by atoms with Crippen molar-refractivity contribution < 1.29 is 4.74 Å². The molecule has 0 amide bonds. The Morgan fingerprint density at radius 1 is 0.875 bits per heavy atom. The van der Waals surface area contributed by atoms with E-state index in [2.05, 4.69) is 20.8 Å². The van der Waals surface area contributed by atoms with E-state index in [9.17, 15) is 0 Å². The van der Waals surface area contributed by atoms with Gasteiger partial charge in [0.05, 0.1) is 5.60 Å². The second-order valence-electron chi connectivity index (χ2n) is 5.29. The van der Waals surface area contributed by atoms with Crippen LogP contribution in [0.1, 0.15) is 72.1 Å². The highest BCUT2D eigenvalue weighted by molar-refractivity contribution is 4.68. The molecule has 16 heavy (non-hydrogen) atoms. The molecular weight excluding hydrogens is 198 g/mol. The van der Waals surface area contributed by atoms with Crippen LogP contribution in [0.3, 0.4) is 0 Å². The van der Waals surface area contributed by atoms with Gasteiger partial charge >= 0.3 is 0 Å². The molecule has 0 aromatic rings. The second-order valence-corrected chi connectivity index (χ2v) is 5.29. The first-order valence-electron chi connectivity index (χ1n) is 6.96. The number of hydrogen-bond acceptors (Lipinski definition) is 2. The lowest BCUT2D eigenvalue weighted by atomic mass is 10.1. The van der Waals surface area contributed by atoms with E-state index in [1.54, 1.807) is 0 Å². The van der Waals surface area contributed by atoms with Crippen molar-refractivity contribution in [2.24, 2.45) is 5.73 Å². The summed E-state index contributed by atoms with van der Waals surface area (Å²) in [5, 5.41) is 0. The molecule has 0 heterocycles. The van der Waals surface area contributed by atoms with Gasteiger partial charge in [-0.2, -0.15) is 0 Å². The van der Waals surface area contributed by atoms with Crippen molar-refractivity contribution in [1.82, 2.24) is 0 Å². The van der Waals surface area contributed by atoms with Crippen molar-refractivity contribution in [3.8, 4) is 0 Å². The lowest BCUT2D eigenvalue weighted by molar-refractivity contribution is -0.0121. The Bertz CT molecular complexity index is 146. The van der Waals surface area contributed by atoms with Gasteiger partial charge in [0.25, 0.3) is 0 Å². The first kappa shape index (κ1) is 15.9. The van der Waals surface area contributed by atoms with Crippen LogP contribution >= 0.6 is 0 Å². The number of rotatable bonds is 11. The SMILES string of the molecule is CCCCCCCCCCOC(C)(C)CN. The molecular formula is C14H31NO. The zero-order valence-corrected chi connectivity index (χ0v) is 11.6. The number of unbranched alkanes of at least 4 members (excludes halogenated alkanes) is 7. The van der Waals surface area contributed by atoms with Crippen LogP contribution in [0.5, 0.6) is 0 Å². The standard InChI is InChI=1S/C14H31NO/c1-4-5-6-7-8-9-10-11-12-16-14(2,3)13-15/h4-13,15H2,1-3H3. The highest BCUT2D eigenvalue weighted by Gasteiger charge is 2.14. The summed E-state index contributed by atoms with van der Waals surface area (Å²) in [6, 6.07) is 0. The van der Waals surface area contributed by atoms with Crippen LogP contribution in [0, 0.1) is 0 Å². The fourth-order valence-corrected chi connectivity index (χ4v) is 1.64. The third kappa shape index (κ3) is 10.4. The average Bonchev–Trinajstić information content (AvgIpc) is 2.27. The Kier molecular flexibility index (Phi) is 10.0. The minimum atomic E-state index is -0.138. The molecule has 0 fully saturated rings. The van der Waals surface area contributed by atoms with Gasteiger partial charge in [-0.15, -0.1) is 0 Å². The Morgan fingerprint density at radius 2 is 1.38 bits per heavy atom. The molecule has 0 radical (unpaired) electrons. The predicted molar refractivity (Wildman–Crippen MR) is 71.7 cm³/mol. The van der Waals surface area contributed by atoms with E-state index in [1.165, 1.54) is 51.4 Å². The zero-order chi connectivity index (χ0) is 12.3. The molecule has 0 atom stereocenters. The highest BCUT2D eigenvalue weighted by atomic mass is 16.5. The number of nitrogens with two attached hydrogens (primary N) is 1. The fraction of sp³-hybridized carbons (Fsp3) is 1.00. The average molecular weight is 229 g/mol. The Morgan fingerprint density at radius 3 is 1.88 bits per heavy atom. The van der Waals surface area contributed by atoms with Crippen molar-refractivity contribution in [3.05, 3.63) is 0 Å². The maximum Gasteiger partial charge on any atom is 0.0748 e. The van der Waals surface area contributed by atoms with Gasteiger partial charge in [0.2, 0.25) is 0 Å². The van der Waals surface area contributed by atoms with Gasteiger partial charge in [-0.05, 0) is 20.3 Å². The second kappa shape index (κ2) is 10.1. The van der Waals surface area contributed by atoms with Crippen LogP contribution in [0.2, 0.25) is 0 Å². The summed E-state index contributed by atoms with van der Waals surface area (Å²) in [6.45, 7) is 7.83. The predicted octanol–water partition coefficient (Wildman–Crippen LogP) is 3.88. The molecule has 0 saturated heterocycles. The Labute approximate surface area is 102 Å². The summed E-state index contributed by atoms with van der Waals surface area (Å²) >= 11 is 0. The molecule has 2 nitrogen and oxygen atoms in total. The van der Waals surface area contributed by atoms with E-state index >= 15 is 0 Å². The maximum absolute atomic E-state index is 5.70. The first-order valence-corrected chi connectivity index (χ1v) is 6.96. The van der Waals surface area contributed by atoms with Crippen molar-refractivity contribution >= 4 is 0 Å². The van der Waals surface area contributed by atoms with Gasteiger partial charge in [0.1, 0.15) is 0 Å². The minimum absolute atomic E-state index is 0.138. The van der Waals surface area contributed by atoms with Gasteiger partial charge in [0, 0.05) is 13.2 Å². The Hall–Kier alpha value is -0.0800. The molecule has 2 N–H and O–H groups in total. The molecule has 0 aliphatic rings. The van der Waals surface area contributed by atoms with Crippen LogP contribution in [0.15, 0.2) is 0 Å². The number of hydrogen-bond donors (Lipinski definition) is 1. The van der Waals surface area contributed by atoms with E-state index in [-0.39, 0.29) is 5.60 Å². The third-order valence-corrected chi connectivity index (χ3v) is 2.98. The van der Waals surface area contributed by atoms with Gasteiger partial charge in [-0.1, -0.05) is 51.9 Å². The summed E-state index contributed by atoms with van der Waals surface area (Å²) in [5.74, 6) is 0. The molecule has 0 aromatic carbocycles. The van der Waals surface area contributed by atoms with Crippen LogP contribution in [-0.4, -0.2) is 18.8 Å². The molecule has 0 rings (SSSR count). The van der Waals surface area contributed by atoms with Gasteiger partial charge < -0.3 is 10.5 Å². The van der Waals surface area contributed by atoms with Crippen LogP contribution in [-0.2, 0) is 4.74 Å². The molecule has 0 aliphatic heterocycles. The summed E-state index contributed by atoms with van der Waals surface area (Å²) in [6.07, 6.45) is 10.8. The first-order chi connectivity index (χ1) is 7.62. The molecule has 0 saturated carbocycles. The minimum Gasteiger partial charge on any atom is -0.374 e. The van der Waals surface area contributed by atoms with Crippen LogP contribution in [0.25, 0.3) is 0 Å². The summed E-state index contributed by atoms with van der Waals surface area (Å²) in [7, 11) is 0. The molecule has 0 bridgehead atoms. The van der Waals surface area contributed by atoms with Crippen molar-refractivity contribution in [3.63, 3.8) is 0 Å². The summed E-state index contributed by atoms with van der Waals surface area (Å²) < 4.78 is 5.70. The van der Waals surface area contributed by atoms with E-state index in [0.717, 1.165) is 6.61 Å². The Balaban J connectivity index is 3.10. The van der Waals surface area contributed by atoms with Gasteiger partial charge in [-0.25, -0.2) is 0 Å². The summed E-state index contributed by atoms with van der Waals surface area (Å²) in [4.78, 5) is 0. The van der Waals surface area contributed by atoms with E-state index in [0.29, 0.717) is 6.54 Å². The lowest BCUT2D eigenvalue weighted by Gasteiger charge is -2.23. The maximum atomic E-state index is 5.70. The van der Waals surface area contributed by atoms with Gasteiger partial charge in [-0.3, -0.25) is 0 Å². The smallest absolute Gasteiger partial charge is 0.0748 e. The van der Waals surface area contributed by atoms with Crippen molar-refractivity contribution in [2.75, 3.05) is 13.2 Å². The number of ether oxygens (including phenoxy) is 1. The quantitative estimate of drug-likeness (QED) is 0.546. The third-order valence-electron chi connectivity index (χ3n) is 2.98. The lowest BCUT2D eigenvalue weighted by Crippen LogP contribution is -2.34. The molecule has 0 aliphatic carbocycles. The molecule has 0 spiro atoms. The molecule has 0 unspecified atom stereocenters. The monoisotopic (exact) mass is 229 g/mol. The molecule has 0 aromatic heterocycles. The highest BCUT2D eigenvalue weighted by Crippen LogP contribution is 2.11. The van der Waals surface area contributed by atoms with Crippen LogP contribution < -0.4 is 5.73 Å². The van der Waals surface area contributed by atoms with Crippen molar-refractivity contribution in [1.29, 1.82) is 0 Å². The topological polar surface area (TPSA) is 35.2 Å². The van der Waals surface area contributed by atoms with Crippen LogP contribution in [0.4, 0.5) is 0 Å². The largest absolute Gasteiger partial charge is 0.374 e. The van der Waals surface area contributed by atoms with Crippen molar-refractivity contribution in [2.45, 2.75) is 77.7 Å². The molecule has 2 heteroatoms. The fourth-order valence-electron chi connectivity index (χ4n) is 1.64. The summed E-state index contributed by atoms with van der Waals surface area (Å²) in [5.41, 5.74) is 5.45. The van der Waals surface area contributed by atoms with E-state index in [1.807, 2.05) is 0 Å². The van der Waals surface area contributed by atoms with Gasteiger partial charge in [0.15, 0.2) is 0 Å². The zero-order valence-electron chi connectivity index (χ0n) is 11.6. The molecule has 98 valence electrons. The normalized spacial score (nSPS) is 12.0.